The molecule has 6 nitrogen and oxygen atoms in total. The number of amides is 2. The van der Waals surface area contributed by atoms with E-state index in [2.05, 4.69) is 22.8 Å². The number of benzene rings is 1. The quantitative estimate of drug-likeness (QED) is 0.808. The Labute approximate surface area is 166 Å². The summed E-state index contributed by atoms with van der Waals surface area (Å²) < 4.78 is 13.0. The maximum absolute atomic E-state index is 13.0. The summed E-state index contributed by atoms with van der Waals surface area (Å²) in [6.45, 7) is 0. The second-order valence-electron chi connectivity index (χ2n) is 6.93. The first-order valence-corrected chi connectivity index (χ1v) is 10.0. The van der Waals surface area contributed by atoms with Crippen LogP contribution < -0.4 is 10.6 Å². The Morgan fingerprint density at radius 1 is 1.25 bits per heavy atom. The minimum absolute atomic E-state index is 0.0224. The maximum atomic E-state index is 13.0. The Morgan fingerprint density at radius 3 is 2.54 bits per heavy atom. The van der Waals surface area contributed by atoms with Crippen LogP contribution in [0.25, 0.3) is 0 Å². The number of carbonyl (C=O) groups excluding carboxylic acids is 2. The molecular formula is C20H19FN4O2S. The Balaban J connectivity index is 1.78. The smallest absolute Gasteiger partial charge is 0.243 e. The molecule has 1 unspecified atom stereocenters. The van der Waals surface area contributed by atoms with Gasteiger partial charge in [-0.25, -0.2) is 4.39 Å². The standard InChI is InChI=1S/C20H19FN4O2S/c21-13-4-6-14(7-5-13)24-17(26)12-28-19-16(11-23)20(8-2-1-3-9-20)15(10-22)18(27)25-19/h4-7,15H,1-3,8-9,12H2,(H,24,26)(H,25,27). The molecule has 3 rings (SSSR count). The molecule has 1 fully saturated rings. The van der Waals surface area contributed by atoms with E-state index in [0.717, 1.165) is 31.0 Å². The van der Waals surface area contributed by atoms with Crippen LogP contribution in [0.1, 0.15) is 32.1 Å². The van der Waals surface area contributed by atoms with Gasteiger partial charge in [0, 0.05) is 11.1 Å². The maximum Gasteiger partial charge on any atom is 0.243 e. The van der Waals surface area contributed by atoms with Crippen LogP contribution in [0.5, 0.6) is 0 Å². The first-order chi connectivity index (χ1) is 13.5. The van der Waals surface area contributed by atoms with Gasteiger partial charge in [-0.05, 0) is 37.1 Å². The molecule has 0 saturated heterocycles. The van der Waals surface area contributed by atoms with E-state index in [4.69, 9.17) is 0 Å². The highest BCUT2D eigenvalue weighted by molar-refractivity contribution is 8.03. The first-order valence-electron chi connectivity index (χ1n) is 9.04. The summed E-state index contributed by atoms with van der Waals surface area (Å²) in [7, 11) is 0. The Hall–Kier alpha value is -2.84. The van der Waals surface area contributed by atoms with Crippen molar-refractivity contribution in [1.82, 2.24) is 5.32 Å². The van der Waals surface area contributed by atoms with E-state index in [1.54, 1.807) is 0 Å². The molecule has 1 saturated carbocycles. The summed E-state index contributed by atoms with van der Waals surface area (Å²) in [5, 5.41) is 25.0. The number of nitriles is 2. The summed E-state index contributed by atoms with van der Waals surface area (Å²) in [5.41, 5.74) is 0.0974. The van der Waals surface area contributed by atoms with Gasteiger partial charge in [0.15, 0.2) is 0 Å². The third kappa shape index (κ3) is 3.88. The molecule has 0 aromatic heterocycles. The van der Waals surface area contributed by atoms with Crippen LogP contribution in [0.4, 0.5) is 10.1 Å². The van der Waals surface area contributed by atoms with Crippen molar-refractivity contribution < 1.29 is 14.0 Å². The first kappa shape index (κ1) is 19.9. The molecular weight excluding hydrogens is 379 g/mol. The predicted molar refractivity (Wildman–Crippen MR) is 103 cm³/mol. The van der Waals surface area contributed by atoms with E-state index in [9.17, 15) is 24.5 Å². The van der Waals surface area contributed by atoms with Gasteiger partial charge in [0.1, 0.15) is 11.7 Å². The highest BCUT2D eigenvalue weighted by Crippen LogP contribution is 2.51. The zero-order valence-electron chi connectivity index (χ0n) is 15.1. The summed E-state index contributed by atoms with van der Waals surface area (Å²) >= 11 is 1.07. The van der Waals surface area contributed by atoms with Crippen LogP contribution >= 0.6 is 11.8 Å². The van der Waals surface area contributed by atoms with Crippen molar-refractivity contribution in [2.75, 3.05) is 11.1 Å². The molecule has 1 aliphatic carbocycles. The zero-order chi connectivity index (χ0) is 20.1. The Bertz CT molecular complexity index is 892. The van der Waals surface area contributed by atoms with Crippen molar-refractivity contribution in [2.45, 2.75) is 32.1 Å². The third-order valence-corrected chi connectivity index (χ3v) is 6.24. The summed E-state index contributed by atoms with van der Waals surface area (Å²) in [5.74, 6) is -2.06. The van der Waals surface area contributed by atoms with E-state index in [1.807, 2.05) is 0 Å². The molecule has 1 atom stereocenters. The molecule has 2 amide bonds. The van der Waals surface area contributed by atoms with Crippen LogP contribution in [-0.4, -0.2) is 17.6 Å². The molecule has 0 radical (unpaired) electrons. The van der Waals surface area contributed by atoms with Crippen molar-refractivity contribution in [1.29, 1.82) is 10.5 Å². The normalized spacial score (nSPS) is 20.8. The number of nitrogens with one attached hydrogen (secondary N) is 2. The minimum atomic E-state index is -0.889. The third-order valence-electron chi connectivity index (χ3n) is 5.24. The average Bonchev–Trinajstić information content (AvgIpc) is 2.69. The van der Waals surface area contributed by atoms with Crippen molar-refractivity contribution >= 4 is 29.3 Å². The molecule has 2 N–H and O–H groups in total. The second kappa shape index (κ2) is 8.45. The second-order valence-corrected chi connectivity index (χ2v) is 7.91. The Morgan fingerprint density at radius 2 is 1.93 bits per heavy atom. The number of rotatable bonds is 4. The fraction of sp³-hybridized carbons (Fsp3) is 0.400. The van der Waals surface area contributed by atoms with Crippen LogP contribution in [-0.2, 0) is 9.59 Å². The van der Waals surface area contributed by atoms with Gasteiger partial charge in [0.25, 0.3) is 0 Å². The van der Waals surface area contributed by atoms with E-state index in [0.29, 0.717) is 29.1 Å². The summed E-state index contributed by atoms with van der Waals surface area (Å²) in [4.78, 5) is 24.7. The number of anilines is 1. The molecule has 2 aliphatic rings. The topological polar surface area (TPSA) is 106 Å². The lowest BCUT2D eigenvalue weighted by Gasteiger charge is -2.43. The number of allylic oxidation sites excluding steroid dienone is 1. The van der Waals surface area contributed by atoms with Gasteiger partial charge >= 0.3 is 0 Å². The SMILES string of the molecule is N#CC1=C(SCC(=O)Nc2ccc(F)cc2)NC(=O)C(C#N)C12CCCCC2. The molecule has 144 valence electrons. The van der Waals surface area contributed by atoms with Crippen molar-refractivity contribution in [3.63, 3.8) is 0 Å². The van der Waals surface area contributed by atoms with Gasteiger partial charge in [-0.2, -0.15) is 10.5 Å². The summed E-state index contributed by atoms with van der Waals surface area (Å²) in [6, 6.07) is 9.68. The molecule has 1 aliphatic heterocycles. The van der Waals surface area contributed by atoms with E-state index >= 15 is 0 Å². The minimum Gasteiger partial charge on any atom is -0.325 e. The summed E-state index contributed by atoms with van der Waals surface area (Å²) in [6.07, 6.45) is 3.98. The van der Waals surface area contributed by atoms with Gasteiger partial charge < -0.3 is 10.6 Å². The van der Waals surface area contributed by atoms with Crippen molar-refractivity contribution in [2.24, 2.45) is 11.3 Å². The van der Waals surface area contributed by atoms with Crippen LogP contribution in [0.3, 0.4) is 0 Å². The molecule has 0 bridgehead atoms. The molecule has 28 heavy (non-hydrogen) atoms. The largest absolute Gasteiger partial charge is 0.325 e. The molecule has 8 heteroatoms. The van der Waals surface area contributed by atoms with Gasteiger partial charge in [-0.3, -0.25) is 9.59 Å². The lowest BCUT2D eigenvalue weighted by Crippen LogP contribution is -2.48. The lowest BCUT2D eigenvalue weighted by atomic mass is 9.61. The molecule has 1 spiro atoms. The molecule has 1 aromatic rings. The highest BCUT2D eigenvalue weighted by atomic mass is 32.2. The van der Waals surface area contributed by atoms with E-state index in [-0.39, 0.29) is 11.7 Å². The number of nitrogens with zero attached hydrogens (tertiary/aromatic N) is 2. The highest BCUT2D eigenvalue weighted by Gasteiger charge is 2.51. The van der Waals surface area contributed by atoms with Crippen molar-refractivity contribution in [3.8, 4) is 12.1 Å². The lowest BCUT2D eigenvalue weighted by molar-refractivity contribution is -0.126. The number of carbonyl (C=O) groups is 2. The van der Waals surface area contributed by atoms with Gasteiger partial charge in [0.05, 0.1) is 28.5 Å². The van der Waals surface area contributed by atoms with Crippen LogP contribution in [0.2, 0.25) is 0 Å². The number of halogens is 1. The zero-order valence-corrected chi connectivity index (χ0v) is 15.9. The molecule has 1 aromatic carbocycles. The van der Waals surface area contributed by atoms with Crippen molar-refractivity contribution in [3.05, 3.63) is 40.7 Å². The average molecular weight is 398 g/mol. The Kier molecular flexibility index (Phi) is 6.01. The number of hydrogen-bond donors (Lipinski definition) is 2. The number of thioether (sulfide) groups is 1. The number of hydrogen-bond acceptors (Lipinski definition) is 5. The predicted octanol–water partition coefficient (Wildman–Crippen LogP) is 3.45. The molecule has 1 heterocycles. The van der Waals surface area contributed by atoms with E-state index in [1.165, 1.54) is 24.3 Å². The van der Waals surface area contributed by atoms with Gasteiger partial charge in [-0.1, -0.05) is 31.0 Å². The van der Waals surface area contributed by atoms with Gasteiger partial charge in [0.2, 0.25) is 11.8 Å². The fourth-order valence-electron chi connectivity index (χ4n) is 3.91. The van der Waals surface area contributed by atoms with Crippen LogP contribution in [0, 0.1) is 39.8 Å². The fourth-order valence-corrected chi connectivity index (χ4v) is 4.82. The van der Waals surface area contributed by atoms with Crippen LogP contribution in [0.15, 0.2) is 34.9 Å². The van der Waals surface area contributed by atoms with E-state index < -0.39 is 23.1 Å². The monoisotopic (exact) mass is 398 g/mol. The van der Waals surface area contributed by atoms with Gasteiger partial charge in [-0.15, -0.1) is 0 Å².